The molecule has 0 aliphatic heterocycles. The Balaban J connectivity index is 2.13. The Kier molecular flexibility index (Phi) is 3.97. The summed E-state index contributed by atoms with van der Waals surface area (Å²) in [5.41, 5.74) is 2.12. The summed E-state index contributed by atoms with van der Waals surface area (Å²) in [6, 6.07) is 10.0. The van der Waals surface area contributed by atoms with E-state index in [1.165, 1.54) is 0 Å². The van der Waals surface area contributed by atoms with Crippen molar-refractivity contribution in [3.63, 3.8) is 0 Å². The molecule has 1 radical (unpaired) electrons. The van der Waals surface area contributed by atoms with Gasteiger partial charge in [0.1, 0.15) is 5.76 Å². The molecule has 1 aromatic carbocycles. The van der Waals surface area contributed by atoms with Gasteiger partial charge < -0.3 is 4.42 Å². The second kappa shape index (κ2) is 5.67. The van der Waals surface area contributed by atoms with E-state index in [1.54, 1.807) is 0 Å². The third-order valence-electron chi connectivity index (χ3n) is 2.83. The predicted molar refractivity (Wildman–Crippen MR) is 69.6 cm³/mol. The molecule has 0 saturated heterocycles. The molecule has 1 aromatic heterocycles. The van der Waals surface area contributed by atoms with E-state index in [0.717, 1.165) is 48.6 Å². The number of aryl methyl sites for hydroxylation is 2. The number of hydrogen-bond donors (Lipinski definition) is 0. The summed E-state index contributed by atoms with van der Waals surface area (Å²) >= 11 is 0. The van der Waals surface area contributed by atoms with Crippen LogP contribution in [0.25, 0.3) is 11.5 Å². The fourth-order valence-electron chi connectivity index (χ4n) is 1.83. The van der Waals surface area contributed by atoms with Crippen LogP contribution in [0.4, 0.5) is 0 Å². The summed E-state index contributed by atoms with van der Waals surface area (Å²) < 4.78 is 5.70. The minimum atomic E-state index is 0.729. The van der Waals surface area contributed by atoms with Crippen molar-refractivity contribution in [3.05, 3.63) is 48.7 Å². The molecular weight excluding hydrogens is 210 g/mol. The Hall–Kier alpha value is -1.57. The molecular formula is C15H18NO. The highest BCUT2D eigenvalue weighted by atomic mass is 16.4. The van der Waals surface area contributed by atoms with Gasteiger partial charge in [0.2, 0.25) is 5.89 Å². The molecule has 89 valence electrons. The Morgan fingerprint density at radius 1 is 1.18 bits per heavy atom. The molecule has 2 nitrogen and oxygen atoms in total. The van der Waals surface area contributed by atoms with E-state index in [9.17, 15) is 0 Å². The molecule has 2 aromatic rings. The van der Waals surface area contributed by atoms with Crippen LogP contribution in [-0.4, -0.2) is 4.98 Å². The Labute approximate surface area is 103 Å². The summed E-state index contributed by atoms with van der Waals surface area (Å²) in [4.78, 5) is 4.56. The first-order valence-electron chi connectivity index (χ1n) is 6.12. The number of oxazole rings is 1. The predicted octanol–water partition coefficient (Wildman–Crippen LogP) is 4.20. The van der Waals surface area contributed by atoms with Crippen LogP contribution in [0.15, 0.2) is 34.7 Å². The smallest absolute Gasteiger partial charge is 0.226 e. The van der Waals surface area contributed by atoms with E-state index in [4.69, 9.17) is 4.42 Å². The second-order valence-electron chi connectivity index (χ2n) is 4.20. The number of rotatable bonds is 5. The molecule has 0 spiro atoms. The minimum Gasteiger partial charge on any atom is -0.441 e. The fourth-order valence-corrected chi connectivity index (χ4v) is 1.83. The van der Waals surface area contributed by atoms with Gasteiger partial charge in [-0.2, -0.15) is 0 Å². The Morgan fingerprint density at radius 3 is 2.65 bits per heavy atom. The van der Waals surface area contributed by atoms with Crippen molar-refractivity contribution < 1.29 is 4.42 Å². The lowest BCUT2D eigenvalue weighted by atomic mass is 10.1. The maximum atomic E-state index is 5.70. The molecule has 0 amide bonds. The zero-order chi connectivity index (χ0) is 12.1. The molecule has 0 N–H and O–H groups in total. The van der Waals surface area contributed by atoms with Crippen molar-refractivity contribution in [2.24, 2.45) is 0 Å². The van der Waals surface area contributed by atoms with Gasteiger partial charge in [0.25, 0.3) is 0 Å². The van der Waals surface area contributed by atoms with Crippen LogP contribution >= 0.6 is 0 Å². The average molecular weight is 228 g/mol. The number of unbranched alkanes of at least 4 members (excludes halogenated alkanes) is 2. The summed E-state index contributed by atoms with van der Waals surface area (Å²) in [7, 11) is 0. The number of hydrogen-bond acceptors (Lipinski definition) is 2. The third kappa shape index (κ3) is 2.96. The van der Waals surface area contributed by atoms with Gasteiger partial charge in [0.05, 0.1) is 5.69 Å². The van der Waals surface area contributed by atoms with E-state index >= 15 is 0 Å². The highest BCUT2D eigenvalue weighted by Gasteiger charge is 2.10. The molecule has 0 aliphatic rings. The van der Waals surface area contributed by atoms with Crippen molar-refractivity contribution in [1.82, 2.24) is 4.98 Å². The lowest BCUT2D eigenvalue weighted by molar-refractivity contribution is 0.538. The summed E-state index contributed by atoms with van der Waals surface area (Å²) in [5.74, 6) is 1.67. The third-order valence-corrected chi connectivity index (χ3v) is 2.83. The molecule has 0 atom stereocenters. The molecule has 0 fully saturated rings. The SMILES string of the molecule is [CH2]CCCCc1nc(-c2ccccc2)oc1C. The molecule has 2 rings (SSSR count). The second-order valence-corrected chi connectivity index (χ2v) is 4.20. The fraction of sp³-hybridized carbons (Fsp3) is 0.333. The lowest BCUT2D eigenvalue weighted by Crippen LogP contribution is -1.88. The molecule has 1 heterocycles. The van der Waals surface area contributed by atoms with Crippen LogP contribution in [0, 0.1) is 13.8 Å². The molecule has 0 bridgehead atoms. The van der Waals surface area contributed by atoms with E-state index in [-0.39, 0.29) is 0 Å². The maximum Gasteiger partial charge on any atom is 0.226 e. The van der Waals surface area contributed by atoms with Gasteiger partial charge in [-0.05, 0) is 31.9 Å². The van der Waals surface area contributed by atoms with E-state index in [0.29, 0.717) is 0 Å². The van der Waals surface area contributed by atoms with Gasteiger partial charge in [-0.25, -0.2) is 4.98 Å². The minimum absolute atomic E-state index is 0.729. The summed E-state index contributed by atoms with van der Waals surface area (Å²) in [5, 5.41) is 0. The summed E-state index contributed by atoms with van der Waals surface area (Å²) in [6.45, 7) is 5.83. The van der Waals surface area contributed by atoms with Crippen LogP contribution < -0.4 is 0 Å². The topological polar surface area (TPSA) is 26.0 Å². The average Bonchev–Trinajstić information content (AvgIpc) is 2.73. The quantitative estimate of drug-likeness (QED) is 0.717. The standard InChI is InChI=1S/C15H18NO/c1-3-4-6-11-14-12(2)17-15(16-14)13-9-7-5-8-10-13/h5,7-10H,1,3-4,6,11H2,2H3. The zero-order valence-electron chi connectivity index (χ0n) is 10.3. The first-order chi connectivity index (χ1) is 8.31. The van der Waals surface area contributed by atoms with Crippen molar-refractivity contribution in [2.45, 2.75) is 32.6 Å². The van der Waals surface area contributed by atoms with Crippen LogP contribution in [0.1, 0.15) is 30.7 Å². The molecule has 0 saturated carbocycles. The normalized spacial score (nSPS) is 10.7. The Morgan fingerprint density at radius 2 is 1.94 bits per heavy atom. The van der Waals surface area contributed by atoms with Gasteiger partial charge in [0.15, 0.2) is 0 Å². The largest absolute Gasteiger partial charge is 0.441 e. The van der Waals surface area contributed by atoms with Gasteiger partial charge in [-0.3, -0.25) is 0 Å². The van der Waals surface area contributed by atoms with Crippen molar-refractivity contribution >= 4 is 0 Å². The highest BCUT2D eigenvalue weighted by Crippen LogP contribution is 2.22. The van der Waals surface area contributed by atoms with Crippen LogP contribution in [0.3, 0.4) is 0 Å². The molecule has 0 aliphatic carbocycles. The van der Waals surface area contributed by atoms with Gasteiger partial charge >= 0.3 is 0 Å². The van der Waals surface area contributed by atoms with Gasteiger partial charge in [-0.1, -0.05) is 38.0 Å². The maximum absolute atomic E-state index is 5.70. The molecule has 0 unspecified atom stereocenters. The van der Waals surface area contributed by atoms with E-state index in [1.807, 2.05) is 37.3 Å². The first kappa shape index (κ1) is 11.9. The van der Waals surface area contributed by atoms with E-state index in [2.05, 4.69) is 11.9 Å². The number of nitrogens with zero attached hydrogens (tertiary/aromatic N) is 1. The monoisotopic (exact) mass is 228 g/mol. The summed E-state index contributed by atoms with van der Waals surface area (Å²) in [6.07, 6.45) is 4.25. The lowest BCUT2D eigenvalue weighted by Gasteiger charge is -1.95. The van der Waals surface area contributed by atoms with Gasteiger partial charge in [-0.15, -0.1) is 0 Å². The van der Waals surface area contributed by atoms with Crippen LogP contribution in [0.2, 0.25) is 0 Å². The molecule has 17 heavy (non-hydrogen) atoms. The molecule has 2 heteroatoms. The van der Waals surface area contributed by atoms with Crippen LogP contribution in [0.5, 0.6) is 0 Å². The van der Waals surface area contributed by atoms with Crippen molar-refractivity contribution in [2.75, 3.05) is 0 Å². The van der Waals surface area contributed by atoms with Crippen LogP contribution in [-0.2, 0) is 6.42 Å². The van der Waals surface area contributed by atoms with Crippen molar-refractivity contribution in [3.8, 4) is 11.5 Å². The number of aromatic nitrogens is 1. The first-order valence-corrected chi connectivity index (χ1v) is 6.12. The van der Waals surface area contributed by atoms with Crippen molar-refractivity contribution in [1.29, 1.82) is 0 Å². The zero-order valence-corrected chi connectivity index (χ0v) is 10.3. The Bertz CT molecular complexity index is 459. The highest BCUT2D eigenvalue weighted by molar-refractivity contribution is 5.53. The van der Waals surface area contributed by atoms with Gasteiger partial charge in [0, 0.05) is 5.56 Å². The number of benzene rings is 1. The van der Waals surface area contributed by atoms with E-state index < -0.39 is 0 Å².